The highest BCUT2D eigenvalue weighted by Gasteiger charge is 2.10. The lowest BCUT2D eigenvalue weighted by Crippen LogP contribution is -2.22. The summed E-state index contributed by atoms with van der Waals surface area (Å²) in [5, 5.41) is 2.86. The third-order valence-corrected chi connectivity index (χ3v) is 3.46. The molecule has 2 rings (SSSR count). The summed E-state index contributed by atoms with van der Waals surface area (Å²) in [6, 6.07) is 9.08. The Morgan fingerprint density at radius 1 is 1.18 bits per heavy atom. The average Bonchev–Trinajstić information content (AvgIpc) is 2.57. The lowest BCUT2D eigenvalue weighted by molar-refractivity contribution is 0.102. The first-order valence-corrected chi connectivity index (χ1v) is 7.33. The van der Waals surface area contributed by atoms with Gasteiger partial charge in [0, 0.05) is 25.0 Å². The van der Waals surface area contributed by atoms with Crippen molar-refractivity contribution in [2.75, 3.05) is 30.4 Å². The van der Waals surface area contributed by atoms with Crippen LogP contribution in [0.15, 0.2) is 42.7 Å². The zero-order valence-electron chi connectivity index (χ0n) is 13.2. The normalized spacial score (nSPS) is 10.1. The van der Waals surface area contributed by atoms with E-state index < -0.39 is 0 Å². The largest absolute Gasteiger partial charge is 0.497 e. The highest BCUT2D eigenvalue weighted by molar-refractivity contribution is 6.04. The lowest BCUT2D eigenvalue weighted by atomic mass is 10.2. The van der Waals surface area contributed by atoms with E-state index in [2.05, 4.69) is 29.0 Å². The lowest BCUT2D eigenvalue weighted by Gasteiger charge is -2.20. The Balaban J connectivity index is 2.13. The molecule has 1 N–H and O–H groups in total. The zero-order chi connectivity index (χ0) is 15.9. The molecule has 1 amide bonds. The summed E-state index contributed by atoms with van der Waals surface area (Å²) in [5.41, 5.74) is 2.21. The number of ether oxygens (including phenoxy) is 1. The molecule has 1 heterocycles. The van der Waals surface area contributed by atoms with Crippen LogP contribution in [0.3, 0.4) is 0 Å². The molecular formula is C17H21N3O2. The second-order valence-corrected chi connectivity index (χ2v) is 4.79. The molecule has 0 aliphatic rings. The molecule has 0 aliphatic heterocycles. The number of methoxy groups -OCH3 is 1. The Morgan fingerprint density at radius 2 is 1.86 bits per heavy atom. The molecule has 0 spiro atoms. The van der Waals surface area contributed by atoms with Gasteiger partial charge in [-0.2, -0.15) is 0 Å². The molecule has 116 valence electrons. The van der Waals surface area contributed by atoms with E-state index in [1.54, 1.807) is 43.8 Å². The van der Waals surface area contributed by atoms with Crippen LogP contribution < -0.4 is 15.0 Å². The van der Waals surface area contributed by atoms with Crippen LogP contribution >= 0.6 is 0 Å². The first-order valence-electron chi connectivity index (χ1n) is 7.33. The van der Waals surface area contributed by atoms with Gasteiger partial charge in [-0.3, -0.25) is 9.78 Å². The Labute approximate surface area is 130 Å². The molecule has 0 atom stereocenters. The summed E-state index contributed by atoms with van der Waals surface area (Å²) in [4.78, 5) is 18.6. The Bertz CT molecular complexity index is 622. The van der Waals surface area contributed by atoms with E-state index in [4.69, 9.17) is 4.74 Å². The SMILES string of the molecule is CCN(CC)c1cncc(C(=O)Nc2ccc(OC)cc2)c1. The van der Waals surface area contributed by atoms with E-state index >= 15 is 0 Å². The van der Waals surface area contributed by atoms with Crippen LogP contribution in [0.2, 0.25) is 0 Å². The zero-order valence-corrected chi connectivity index (χ0v) is 13.2. The van der Waals surface area contributed by atoms with Crippen molar-refractivity contribution in [1.82, 2.24) is 4.98 Å². The molecule has 0 fully saturated rings. The molecule has 2 aromatic rings. The standard InChI is InChI=1S/C17H21N3O2/c1-4-20(5-2)15-10-13(11-18-12-15)17(21)19-14-6-8-16(22-3)9-7-14/h6-12H,4-5H2,1-3H3,(H,19,21). The third kappa shape index (κ3) is 3.75. The number of hydrogen-bond acceptors (Lipinski definition) is 4. The molecular weight excluding hydrogens is 278 g/mol. The van der Waals surface area contributed by atoms with Gasteiger partial charge in [-0.15, -0.1) is 0 Å². The van der Waals surface area contributed by atoms with Crippen LogP contribution in [0.4, 0.5) is 11.4 Å². The second kappa shape index (κ2) is 7.45. The van der Waals surface area contributed by atoms with Gasteiger partial charge < -0.3 is 15.0 Å². The molecule has 1 aromatic carbocycles. The van der Waals surface area contributed by atoms with Gasteiger partial charge in [0.2, 0.25) is 0 Å². The van der Waals surface area contributed by atoms with E-state index in [-0.39, 0.29) is 5.91 Å². The number of anilines is 2. The summed E-state index contributed by atoms with van der Waals surface area (Å²) < 4.78 is 5.10. The number of nitrogens with one attached hydrogen (secondary N) is 1. The smallest absolute Gasteiger partial charge is 0.257 e. The van der Waals surface area contributed by atoms with E-state index in [1.807, 2.05) is 6.07 Å². The summed E-state index contributed by atoms with van der Waals surface area (Å²) in [7, 11) is 1.61. The second-order valence-electron chi connectivity index (χ2n) is 4.79. The van der Waals surface area contributed by atoms with E-state index in [1.165, 1.54) is 0 Å². The minimum Gasteiger partial charge on any atom is -0.497 e. The van der Waals surface area contributed by atoms with Gasteiger partial charge in [0.1, 0.15) is 5.75 Å². The van der Waals surface area contributed by atoms with Crippen molar-refractivity contribution < 1.29 is 9.53 Å². The van der Waals surface area contributed by atoms with E-state index in [0.717, 1.165) is 30.2 Å². The predicted molar refractivity (Wildman–Crippen MR) is 88.7 cm³/mol. The van der Waals surface area contributed by atoms with Gasteiger partial charge in [-0.1, -0.05) is 0 Å². The predicted octanol–water partition coefficient (Wildman–Crippen LogP) is 3.19. The van der Waals surface area contributed by atoms with Crippen molar-refractivity contribution >= 4 is 17.3 Å². The first-order chi connectivity index (χ1) is 10.7. The molecule has 0 radical (unpaired) electrons. The van der Waals surface area contributed by atoms with Crippen molar-refractivity contribution in [3.63, 3.8) is 0 Å². The third-order valence-electron chi connectivity index (χ3n) is 3.46. The minimum atomic E-state index is -0.174. The minimum absolute atomic E-state index is 0.174. The molecule has 0 saturated carbocycles. The van der Waals surface area contributed by atoms with Crippen LogP contribution in [0.1, 0.15) is 24.2 Å². The molecule has 0 bridgehead atoms. The van der Waals surface area contributed by atoms with Crippen LogP contribution in [0, 0.1) is 0 Å². The summed E-state index contributed by atoms with van der Waals surface area (Å²) in [6.45, 7) is 5.91. The summed E-state index contributed by atoms with van der Waals surface area (Å²) in [6.07, 6.45) is 3.35. The number of benzene rings is 1. The maximum absolute atomic E-state index is 12.3. The molecule has 1 aromatic heterocycles. The van der Waals surface area contributed by atoms with Crippen LogP contribution in [-0.4, -0.2) is 31.1 Å². The van der Waals surface area contributed by atoms with Crippen molar-refractivity contribution in [2.45, 2.75) is 13.8 Å². The maximum atomic E-state index is 12.3. The highest BCUT2D eigenvalue weighted by Crippen LogP contribution is 2.18. The number of nitrogens with zero attached hydrogens (tertiary/aromatic N) is 2. The van der Waals surface area contributed by atoms with Crippen molar-refractivity contribution in [1.29, 1.82) is 0 Å². The van der Waals surface area contributed by atoms with Gasteiger partial charge in [-0.25, -0.2) is 0 Å². The topological polar surface area (TPSA) is 54.5 Å². The van der Waals surface area contributed by atoms with Crippen molar-refractivity contribution in [3.8, 4) is 5.75 Å². The maximum Gasteiger partial charge on any atom is 0.257 e. The van der Waals surface area contributed by atoms with Crippen LogP contribution in [0.5, 0.6) is 5.75 Å². The number of carbonyl (C=O) groups is 1. The fourth-order valence-electron chi connectivity index (χ4n) is 2.19. The van der Waals surface area contributed by atoms with Crippen LogP contribution in [0.25, 0.3) is 0 Å². The van der Waals surface area contributed by atoms with Crippen molar-refractivity contribution in [2.24, 2.45) is 0 Å². The Morgan fingerprint density at radius 3 is 2.45 bits per heavy atom. The van der Waals surface area contributed by atoms with Gasteiger partial charge in [0.05, 0.1) is 24.6 Å². The van der Waals surface area contributed by atoms with Gasteiger partial charge in [0.25, 0.3) is 5.91 Å². The summed E-state index contributed by atoms with van der Waals surface area (Å²) >= 11 is 0. The van der Waals surface area contributed by atoms with Gasteiger partial charge >= 0.3 is 0 Å². The molecule has 0 saturated heterocycles. The first kappa shape index (κ1) is 15.8. The molecule has 0 aliphatic carbocycles. The van der Waals surface area contributed by atoms with Crippen LogP contribution in [-0.2, 0) is 0 Å². The number of rotatable bonds is 6. The average molecular weight is 299 g/mol. The fraction of sp³-hybridized carbons (Fsp3) is 0.294. The quantitative estimate of drug-likeness (QED) is 0.890. The summed E-state index contributed by atoms with van der Waals surface area (Å²) in [5.74, 6) is 0.579. The van der Waals surface area contributed by atoms with Gasteiger partial charge in [0.15, 0.2) is 0 Å². The number of pyridine rings is 1. The van der Waals surface area contributed by atoms with E-state index in [9.17, 15) is 4.79 Å². The molecule has 0 unspecified atom stereocenters. The molecule has 5 nitrogen and oxygen atoms in total. The van der Waals surface area contributed by atoms with Crippen molar-refractivity contribution in [3.05, 3.63) is 48.3 Å². The molecule has 5 heteroatoms. The van der Waals surface area contributed by atoms with E-state index in [0.29, 0.717) is 5.56 Å². The monoisotopic (exact) mass is 299 g/mol. The number of hydrogen-bond donors (Lipinski definition) is 1. The highest BCUT2D eigenvalue weighted by atomic mass is 16.5. The number of aromatic nitrogens is 1. The Hall–Kier alpha value is -2.56. The number of amides is 1. The Kier molecular flexibility index (Phi) is 5.36. The number of carbonyl (C=O) groups excluding carboxylic acids is 1. The fourth-order valence-corrected chi connectivity index (χ4v) is 2.19. The molecule has 22 heavy (non-hydrogen) atoms. The van der Waals surface area contributed by atoms with Gasteiger partial charge in [-0.05, 0) is 44.2 Å².